The molecule has 1 aromatic carbocycles. The van der Waals surface area contributed by atoms with Gasteiger partial charge in [0.15, 0.2) is 0 Å². The van der Waals surface area contributed by atoms with E-state index >= 15 is 0 Å². The molecule has 5 heteroatoms. The highest BCUT2D eigenvalue weighted by atomic mass is 16.5. The molecule has 1 N–H and O–H groups in total. The third-order valence-corrected chi connectivity index (χ3v) is 3.73. The van der Waals surface area contributed by atoms with Crippen molar-refractivity contribution in [2.24, 2.45) is 0 Å². The van der Waals surface area contributed by atoms with Gasteiger partial charge in [0.2, 0.25) is 0 Å². The number of methoxy groups -OCH3 is 2. The van der Waals surface area contributed by atoms with Crippen molar-refractivity contribution in [2.45, 2.75) is 18.9 Å². The first kappa shape index (κ1) is 13.0. The minimum absolute atomic E-state index is 0.355. The molecule has 0 amide bonds. The van der Waals surface area contributed by atoms with E-state index in [9.17, 15) is 0 Å². The second-order valence-corrected chi connectivity index (χ2v) is 4.88. The fraction of sp³-hybridized carbons (Fsp3) is 0.400. The van der Waals surface area contributed by atoms with Crippen LogP contribution in [0.1, 0.15) is 24.6 Å². The molecule has 0 radical (unpaired) electrons. The Balaban J connectivity index is 2.06. The summed E-state index contributed by atoms with van der Waals surface area (Å²) in [6.07, 6.45) is 6.08. The first-order chi connectivity index (χ1) is 9.83. The third-order valence-electron chi connectivity index (χ3n) is 3.73. The van der Waals surface area contributed by atoms with Crippen LogP contribution in [0.25, 0.3) is 5.69 Å². The van der Waals surface area contributed by atoms with Crippen LogP contribution in [0, 0.1) is 0 Å². The van der Waals surface area contributed by atoms with Gasteiger partial charge in [-0.15, -0.1) is 0 Å². The predicted molar refractivity (Wildman–Crippen MR) is 76.6 cm³/mol. The van der Waals surface area contributed by atoms with E-state index in [1.807, 2.05) is 30.7 Å². The summed E-state index contributed by atoms with van der Waals surface area (Å²) in [6, 6.07) is 6.14. The van der Waals surface area contributed by atoms with Crippen LogP contribution >= 0.6 is 0 Å². The zero-order valence-corrected chi connectivity index (χ0v) is 11.8. The van der Waals surface area contributed by atoms with Crippen molar-refractivity contribution in [1.29, 1.82) is 0 Å². The molecule has 2 heterocycles. The minimum Gasteiger partial charge on any atom is -0.497 e. The number of imidazole rings is 1. The molecule has 2 aromatic rings. The Morgan fingerprint density at radius 1 is 1.30 bits per heavy atom. The highest BCUT2D eigenvalue weighted by molar-refractivity contribution is 5.52. The van der Waals surface area contributed by atoms with Gasteiger partial charge in [0.25, 0.3) is 0 Å². The molecule has 1 aliphatic rings. The van der Waals surface area contributed by atoms with Gasteiger partial charge >= 0.3 is 0 Å². The summed E-state index contributed by atoms with van der Waals surface area (Å²) in [4.78, 5) is 4.30. The van der Waals surface area contributed by atoms with Gasteiger partial charge in [-0.25, -0.2) is 4.98 Å². The second-order valence-electron chi connectivity index (χ2n) is 4.88. The van der Waals surface area contributed by atoms with Crippen LogP contribution in [-0.2, 0) is 0 Å². The molecule has 5 nitrogen and oxygen atoms in total. The Hall–Kier alpha value is -2.01. The molecule has 1 saturated heterocycles. The summed E-state index contributed by atoms with van der Waals surface area (Å²) in [7, 11) is 3.34. The lowest BCUT2D eigenvalue weighted by Crippen LogP contribution is -2.16. The lowest BCUT2D eigenvalue weighted by Gasteiger charge is -2.17. The van der Waals surface area contributed by atoms with Crippen molar-refractivity contribution in [2.75, 3.05) is 20.8 Å². The van der Waals surface area contributed by atoms with E-state index in [0.29, 0.717) is 6.04 Å². The van der Waals surface area contributed by atoms with Crippen LogP contribution in [0.2, 0.25) is 0 Å². The third kappa shape index (κ3) is 2.25. The van der Waals surface area contributed by atoms with Gasteiger partial charge < -0.3 is 14.8 Å². The lowest BCUT2D eigenvalue weighted by molar-refractivity contribution is 0.401. The van der Waals surface area contributed by atoms with E-state index in [1.165, 1.54) is 6.42 Å². The molecule has 1 aliphatic heterocycles. The quantitative estimate of drug-likeness (QED) is 0.928. The number of benzene rings is 1. The summed E-state index contributed by atoms with van der Waals surface area (Å²) >= 11 is 0. The summed E-state index contributed by atoms with van der Waals surface area (Å²) in [5, 5.41) is 3.50. The average molecular weight is 273 g/mol. The van der Waals surface area contributed by atoms with E-state index < -0.39 is 0 Å². The Labute approximate surface area is 118 Å². The van der Waals surface area contributed by atoms with Crippen molar-refractivity contribution in [3.05, 3.63) is 36.4 Å². The van der Waals surface area contributed by atoms with Crippen LogP contribution in [-0.4, -0.2) is 30.3 Å². The van der Waals surface area contributed by atoms with Crippen LogP contribution in [0.5, 0.6) is 11.5 Å². The van der Waals surface area contributed by atoms with Crippen molar-refractivity contribution in [1.82, 2.24) is 14.9 Å². The van der Waals surface area contributed by atoms with Gasteiger partial charge in [-0.2, -0.15) is 0 Å². The van der Waals surface area contributed by atoms with Crippen LogP contribution < -0.4 is 14.8 Å². The predicted octanol–water partition coefficient (Wildman–Crippen LogP) is 2.31. The van der Waals surface area contributed by atoms with E-state index in [0.717, 1.165) is 35.8 Å². The van der Waals surface area contributed by atoms with Crippen molar-refractivity contribution >= 4 is 0 Å². The van der Waals surface area contributed by atoms with E-state index in [1.54, 1.807) is 14.2 Å². The standard InChI is InChI=1S/C15H19N3O2/c1-19-11-5-6-15(20-2)13(8-11)18-10-16-9-14(18)12-4-3-7-17-12/h5-6,8-10,12,17H,3-4,7H2,1-2H3. The first-order valence-electron chi connectivity index (χ1n) is 6.81. The van der Waals surface area contributed by atoms with E-state index in [4.69, 9.17) is 9.47 Å². The van der Waals surface area contributed by atoms with Gasteiger partial charge in [0, 0.05) is 12.1 Å². The molecule has 1 aromatic heterocycles. The number of hydrogen-bond donors (Lipinski definition) is 1. The Kier molecular flexibility index (Phi) is 3.60. The fourth-order valence-electron chi connectivity index (χ4n) is 2.69. The van der Waals surface area contributed by atoms with Gasteiger partial charge in [-0.1, -0.05) is 0 Å². The van der Waals surface area contributed by atoms with Crippen molar-refractivity contribution in [3.63, 3.8) is 0 Å². The molecular formula is C15H19N3O2. The summed E-state index contributed by atoms with van der Waals surface area (Å²) in [5.41, 5.74) is 2.11. The number of rotatable bonds is 4. The SMILES string of the molecule is COc1ccc(OC)c(-n2cncc2C2CCCN2)c1. The number of aromatic nitrogens is 2. The molecule has 1 atom stereocenters. The number of nitrogens with zero attached hydrogens (tertiary/aromatic N) is 2. The zero-order valence-electron chi connectivity index (χ0n) is 11.8. The molecule has 0 bridgehead atoms. The number of nitrogens with one attached hydrogen (secondary N) is 1. The zero-order chi connectivity index (χ0) is 13.9. The highest BCUT2D eigenvalue weighted by Gasteiger charge is 2.21. The number of ether oxygens (including phenoxy) is 2. The molecule has 3 rings (SSSR count). The molecular weight excluding hydrogens is 254 g/mol. The smallest absolute Gasteiger partial charge is 0.143 e. The number of hydrogen-bond acceptors (Lipinski definition) is 4. The summed E-state index contributed by atoms with van der Waals surface area (Å²) < 4.78 is 12.8. The van der Waals surface area contributed by atoms with Crippen LogP contribution in [0.3, 0.4) is 0 Å². The average Bonchev–Trinajstić information content (AvgIpc) is 3.16. The maximum Gasteiger partial charge on any atom is 0.143 e. The van der Waals surface area contributed by atoms with Gasteiger partial charge in [-0.3, -0.25) is 4.57 Å². The van der Waals surface area contributed by atoms with Crippen molar-refractivity contribution in [3.8, 4) is 17.2 Å². The second kappa shape index (κ2) is 5.54. The molecule has 20 heavy (non-hydrogen) atoms. The van der Waals surface area contributed by atoms with Crippen LogP contribution in [0.15, 0.2) is 30.7 Å². The summed E-state index contributed by atoms with van der Waals surface area (Å²) in [6.45, 7) is 1.06. The maximum absolute atomic E-state index is 5.46. The normalized spacial score (nSPS) is 18.2. The lowest BCUT2D eigenvalue weighted by atomic mass is 10.1. The minimum atomic E-state index is 0.355. The molecule has 0 aliphatic carbocycles. The molecule has 0 saturated carbocycles. The monoisotopic (exact) mass is 273 g/mol. The molecule has 0 spiro atoms. The molecule has 1 unspecified atom stereocenters. The van der Waals surface area contributed by atoms with Gasteiger partial charge in [0.05, 0.1) is 38.1 Å². The first-order valence-corrected chi connectivity index (χ1v) is 6.81. The Bertz CT molecular complexity index is 589. The van der Waals surface area contributed by atoms with E-state index in [-0.39, 0.29) is 0 Å². The Morgan fingerprint density at radius 2 is 2.20 bits per heavy atom. The largest absolute Gasteiger partial charge is 0.497 e. The summed E-state index contributed by atoms with van der Waals surface area (Å²) in [5.74, 6) is 1.61. The van der Waals surface area contributed by atoms with Crippen LogP contribution in [0.4, 0.5) is 0 Å². The van der Waals surface area contributed by atoms with Gasteiger partial charge in [0.1, 0.15) is 11.5 Å². The Morgan fingerprint density at radius 3 is 2.90 bits per heavy atom. The highest BCUT2D eigenvalue weighted by Crippen LogP contribution is 2.31. The van der Waals surface area contributed by atoms with E-state index in [2.05, 4.69) is 14.9 Å². The topological polar surface area (TPSA) is 48.3 Å². The fourth-order valence-corrected chi connectivity index (χ4v) is 2.69. The molecule has 106 valence electrons. The van der Waals surface area contributed by atoms with Crippen molar-refractivity contribution < 1.29 is 9.47 Å². The molecule has 1 fully saturated rings. The van der Waals surface area contributed by atoms with Gasteiger partial charge in [-0.05, 0) is 31.5 Å². The maximum atomic E-state index is 5.46.